The normalized spacial score (nSPS) is 16.1. The topological polar surface area (TPSA) is 97.2 Å². The van der Waals surface area contributed by atoms with E-state index >= 15 is 0 Å². The van der Waals surface area contributed by atoms with Crippen molar-refractivity contribution >= 4 is 63.2 Å². The Morgan fingerprint density at radius 1 is 1.24 bits per heavy atom. The lowest BCUT2D eigenvalue weighted by Crippen LogP contribution is -2.19. The van der Waals surface area contributed by atoms with Gasteiger partial charge >= 0.3 is 5.97 Å². The minimum absolute atomic E-state index is 0.233. The molecule has 0 aliphatic carbocycles. The highest BCUT2D eigenvalue weighted by Crippen LogP contribution is 2.32. The first kappa shape index (κ1) is 21.2. The molecule has 1 heterocycles. The Hall–Kier alpha value is -2.53. The monoisotopic (exact) mass is 524 g/mol. The third-order valence-corrected chi connectivity index (χ3v) is 5.19. The van der Waals surface area contributed by atoms with Crippen LogP contribution in [0.25, 0.3) is 6.08 Å². The van der Waals surface area contributed by atoms with Crippen LogP contribution in [0.2, 0.25) is 0 Å². The maximum atomic E-state index is 12.3. The van der Waals surface area contributed by atoms with E-state index in [1.807, 2.05) is 31.2 Å². The van der Waals surface area contributed by atoms with E-state index in [1.165, 1.54) is 11.8 Å². The van der Waals surface area contributed by atoms with Gasteiger partial charge in [-0.1, -0.05) is 12.1 Å². The first-order chi connectivity index (χ1) is 13.9. The number of carbonyl (C=O) groups is 2. The number of hydrogen-bond acceptors (Lipinski definition) is 6. The van der Waals surface area contributed by atoms with E-state index < -0.39 is 12.6 Å². The summed E-state index contributed by atoms with van der Waals surface area (Å²) in [7, 11) is 0. The Morgan fingerprint density at radius 2 is 2.07 bits per heavy atom. The van der Waals surface area contributed by atoms with Crippen molar-refractivity contribution < 1.29 is 24.2 Å². The molecule has 7 nitrogen and oxygen atoms in total. The Labute approximate surface area is 185 Å². The lowest BCUT2D eigenvalue weighted by atomic mass is 10.2. The number of carboxylic acids is 1. The average Bonchev–Trinajstić information content (AvgIpc) is 3.00. The molecule has 1 saturated heterocycles. The van der Waals surface area contributed by atoms with Gasteiger partial charge in [0.25, 0.3) is 5.91 Å². The van der Waals surface area contributed by atoms with Gasteiger partial charge in [0.2, 0.25) is 0 Å². The number of ether oxygens (including phenoxy) is 2. The third-order valence-electron chi connectivity index (χ3n) is 3.61. The van der Waals surface area contributed by atoms with Gasteiger partial charge in [0, 0.05) is 3.57 Å². The largest absolute Gasteiger partial charge is 0.490 e. The summed E-state index contributed by atoms with van der Waals surface area (Å²) in [4.78, 5) is 28.0. The number of halogens is 1. The zero-order valence-electron chi connectivity index (χ0n) is 15.3. The van der Waals surface area contributed by atoms with E-state index in [1.54, 1.807) is 24.3 Å². The fraction of sp³-hybridized carbons (Fsp3) is 0.150. The average molecular weight is 524 g/mol. The van der Waals surface area contributed by atoms with Crippen LogP contribution in [0.15, 0.2) is 52.4 Å². The fourth-order valence-corrected chi connectivity index (χ4v) is 3.80. The van der Waals surface area contributed by atoms with Crippen LogP contribution in [0.4, 0.5) is 5.69 Å². The van der Waals surface area contributed by atoms with Gasteiger partial charge in [-0.3, -0.25) is 4.79 Å². The number of thioether (sulfide) groups is 1. The van der Waals surface area contributed by atoms with Crippen LogP contribution in [-0.2, 0) is 9.59 Å². The van der Waals surface area contributed by atoms with Gasteiger partial charge in [-0.05, 0) is 83.2 Å². The molecule has 1 aliphatic heterocycles. The van der Waals surface area contributed by atoms with Crippen molar-refractivity contribution in [2.45, 2.75) is 6.92 Å². The van der Waals surface area contributed by atoms with Crippen molar-refractivity contribution in [3.05, 3.63) is 56.5 Å². The molecule has 1 amide bonds. The van der Waals surface area contributed by atoms with E-state index in [2.05, 4.69) is 32.9 Å². The minimum Gasteiger partial charge on any atom is -0.490 e. The minimum atomic E-state index is -1.07. The third kappa shape index (κ3) is 5.97. The van der Waals surface area contributed by atoms with E-state index in [-0.39, 0.29) is 5.91 Å². The zero-order chi connectivity index (χ0) is 20.8. The molecule has 0 unspecified atom stereocenters. The summed E-state index contributed by atoms with van der Waals surface area (Å²) >= 11 is 3.46. The fourth-order valence-electron chi connectivity index (χ4n) is 2.44. The number of rotatable bonds is 7. The number of aliphatic imine (C=N–C) groups is 1. The van der Waals surface area contributed by atoms with Gasteiger partial charge < -0.3 is 19.9 Å². The number of amides is 1. The summed E-state index contributed by atoms with van der Waals surface area (Å²) < 4.78 is 11.8. The van der Waals surface area contributed by atoms with Gasteiger partial charge in [0.15, 0.2) is 23.3 Å². The predicted molar refractivity (Wildman–Crippen MR) is 121 cm³/mol. The molecule has 9 heteroatoms. The first-order valence-corrected chi connectivity index (χ1v) is 10.5. The number of hydrogen-bond donors (Lipinski definition) is 2. The lowest BCUT2D eigenvalue weighted by Gasteiger charge is -2.11. The second kappa shape index (κ2) is 9.79. The molecule has 2 aromatic rings. The second-order valence-corrected chi connectivity index (χ2v) is 8.06. The van der Waals surface area contributed by atoms with Crippen LogP contribution in [0.1, 0.15) is 12.5 Å². The number of nitrogens with one attached hydrogen (secondary N) is 1. The summed E-state index contributed by atoms with van der Waals surface area (Å²) in [5, 5.41) is 12.0. The molecule has 2 N–H and O–H groups in total. The van der Waals surface area contributed by atoms with Crippen LogP contribution in [0.5, 0.6) is 11.5 Å². The van der Waals surface area contributed by atoms with Gasteiger partial charge in [-0.2, -0.15) is 0 Å². The molecule has 0 bridgehead atoms. The zero-order valence-corrected chi connectivity index (χ0v) is 18.3. The predicted octanol–water partition coefficient (Wildman–Crippen LogP) is 4.04. The molecular weight excluding hydrogens is 507 g/mol. The molecule has 3 rings (SSSR count). The summed E-state index contributed by atoms with van der Waals surface area (Å²) in [5.74, 6) is -0.554. The van der Waals surface area contributed by atoms with Crippen molar-refractivity contribution in [2.75, 3.05) is 13.2 Å². The van der Waals surface area contributed by atoms with Gasteiger partial charge in [0.05, 0.1) is 17.2 Å². The molecular formula is C20H17IN2O5S. The van der Waals surface area contributed by atoms with E-state index in [0.29, 0.717) is 28.2 Å². The molecule has 150 valence electrons. The Bertz CT molecular complexity index is 1010. The van der Waals surface area contributed by atoms with Gasteiger partial charge in [0.1, 0.15) is 0 Å². The second-order valence-electron chi connectivity index (χ2n) is 5.78. The quantitative estimate of drug-likeness (QED) is 0.419. The van der Waals surface area contributed by atoms with Crippen LogP contribution in [0, 0.1) is 3.57 Å². The van der Waals surface area contributed by atoms with Crippen LogP contribution >= 0.6 is 34.4 Å². The summed E-state index contributed by atoms with van der Waals surface area (Å²) in [6.07, 6.45) is 1.72. The van der Waals surface area contributed by atoms with Crippen molar-refractivity contribution in [1.29, 1.82) is 0 Å². The van der Waals surface area contributed by atoms with Crippen molar-refractivity contribution in [1.82, 2.24) is 5.32 Å². The smallest absolute Gasteiger partial charge is 0.341 e. The molecule has 2 aromatic carbocycles. The van der Waals surface area contributed by atoms with Crippen molar-refractivity contribution in [3.63, 3.8) is 0 Å². The van der Waals surface area contributed by atoms with Crippen molar-refractivity contribution in [3.8, 4) is 11.5 Å². The lowest BCUT2D eigenvalue weighted by molar-refractivity contribution is -0.139. The van der Waals surface area contributed by atoms with Crippen LogP contribution in [0.3, 0.4) is 0 Å². The number of carbonyl (C=O) groups excluding carboxylic acids is 1. The highest BCUT2D eigenvalue weighted by Gasteiger charge is 2.24. The van der Waals surface area contributed by atoms with Gasteiger partial charge in [-0.15, -0.1) is 0 Å². The Morgan fingerprint density at radius 3 is 2.79 bits per heavy atom. The molecule has 0 saturated carbocycles. The van der Waals surface area contributed by atoms with E-state index in [9.17, 15) is 9.59 Å². The first-order valence-electron chi connectivity index (χ1n) is 8.61. The highest BCUT2D eigenvalue weighted by atomic mass is 127. The number of benzene rings is 2. The number of amidine groups is 1. The Kier molecular flexibility index (Phi) is 7.15. The summed E-state index contributed by atoms with van der Waals surface area (Å²) in [5.41, 5.74) is 1.49. The van der Waals surface area contributed by atoms with Crippen LogP contribution < -0.4 is 14.8 Å². The SMILES string of the molecule is CCOc1cc(/C=C2/SC(=Nc3cccc(I)c3)NC2=O)ccc1OCC(=O)O. The van der Waals surface area contributed by atoms with Crippen molar-refractivity contribution in [2.24, 2.45) is 4.99 Å². The molecule has 1 aliphatic rings. The molecule has 1 fully saturated rings. The molecule has 0 atom stereocenters. The maximum Gasteiger partial charge on any atom is 0.341 e. The molecule has 0 spiro atoms. The highest BCUT2D eigenvalue weighted by molar-refractivity contribution is 14.1. The molecule has 29 heavy (non-hydrogen) atoms. The molecule has 0 radical (unpaired) electrons. The number of carboxylic acid groups (broad SMARTS) is 1. The van der Waals surface area contributed by atoms with E-state index in [0.717, 1.165) is 14.8 Å². The summed E-state index contributed by atoms with van der Waals surface area (Å²) in [6, 6.07) is 12.7. The standard InChI is InChI=1S/C20H17IN2O5S/c1-2-27-16-8-12(6-7-15(16)28-11-18(24)25)9-17-19(26)23-20(29-17)22-14-5-3-4-13(21)10-14/h3-10H,2,11H2,1H3,(H,24,25)(H,22,23,26)/b17-9+. The number of aliphatic carboxylic acids is 1. The Balaban J connectivity index is 1.81. The number of nitrogens with zero attached hydrogens (tertiary/aromatic N) is 1. The van der Waals surface area contributed by atoms with E-state index in [4.69, 9.17) is 14.6 Å². The summed E-state index contributed by atoms with van der Waals surface area (Å²) in [6.45, 7) is 1.75. The van der Waals surface area contributed by atoms with Gasteiger partial charge in [-0.25, -0.2) is 9.79 Å². The maximum absolute atomic E-state index is 12.3. The molecule has 0 aromatic heterocycles. The van der Waals surface area contributed by atoms with Crippen LogP contribution in [-0.4, -0.2) is 35.4 Å².